The molecular formula is C24H18F2N2O2S. The van der Waals surface area contributed by atoms with Gasteiger partial charge in [0.2, 0.25) is 5.88 Å². The Labute approximate surface area is 183 Å². The molecule has 4 nitrogen and oxygen atoms in total. The molecule has 2 aliphatic rings. The highest BCUT2D eigenvalue weighted by atomic mass is 32.1. The van der Waals surface area contributed by atoms with Gasteiger partial charge in [0.1, 0.15) is 34.3 Å². The molecule has 0 bridgehead atoms. The maximum absolute atomic E-state index is 14.2. The van der Waals surface area contributed by atoms with Crippen LogP contribution in [-0.2, 0) is 6.42 Å². The number of rotatable bonds is 3. The fraction of sp³-hybridized carbons (Fsp3) is 0.125. The molecule has 0 fully saturated rings. The van der Waals surface area contributed by atoms with E-state index in [9.17, 15) is 8.78 Å². The zero-order valence-electron chi connectivity index (χ0n) is 16.6. The third-order valence-electron chi connectivity index (χ3n) is 5.37. The van der Waals surface area contributed by atoms with Crippen molar-refractivity contribution in [2.24, 2.45) is 0 Å². The van der Waals surface area contributed by atoms with E-state index in [1.54, 1.807) is 25.3 Å². The van der Waals surface area contributed by atoms with Crippen LogP contribution in [0.25, 0.3) is 0 Å². The van der Waals surface area contributed by atoms with Crippen molar-refractivity contribution in [1.82, 2.24) is 5.32 Å². The summed E-state index contributed by atoms with van der Waals surface area (Å²) in [6.07, 6.45) is -0.0459. The lowest BCUT2D eigenvalue weighted by Crippen LogP contribution is -2.49. The number of halogens is 2. The summed E-state index contributed by atoms with van der Waals surface area (Å²) in [5.74, 6) is 1.04. The van der Waals surface area contributed by atoms with Gasteiger partial charge >= 0.3 is 0 Å². The summed E-state index contributed by atoms with van der Waals surface area (Å²) in [7, 11) is 1.60. The molecule has 5 rings (SSSR count). The van der Waals surface area contributed by atoms with Crippen LogP contribution in [0.3, 0.4) is 0 Å². The van der Waals surface area contributed by atoms with Crippen LogP contribution in [0.15, 0.2) is 78.2 Å². The standard InChI is InChI=1S/C24H18F2N2O2S/c1-29-19-7-2-4-14(11-19)22-27-23(31)20-12-15-10-17(26)8-9-21(15)30-24(20)28(22)18-6-3-5-16(25)13-18/h2-11,13,22H,12H2,1H3,(H,27,31)/t22-/m1/s1. The summed E-state index contributed by atoms with van der Waals surface area (Å²) < 4.78 is 39.5. The molecule has 3 aromatic rings. The largest absolute Gasteiger partial charge is 0.497 e. The van der Waals surface area contributed by atoms with Gasteiger partial charge in [-0.2, -0.15) is 0 Å². The highest BCUT2D eigenvalue weighted by molar-refractivity contribution is 7.80. The van der Waals surface area contributed by atoms with Gasteiger partial charge < -0.3 is 14.8 Å². The van der Waals surface area contributed by atoms with Crippen LogP contribution in [0.1, 0.15) is 17.3 Å². The zero-order valence-corrected chi connectivity index (χ0v) is 17.4. The third-order valence-corrected chi connectivity index (χ3v) is 5.73. The molecule has 7 heteroatoms. The Hall–Kier alpha value is -3.45. The summed E-state index contributed by atoms with van der Waals surface area (Å²) in [5.41, 5.74) is 2.89. The van der Waals surface area contributed by atoms with Crippen LogP contribution in [0, 0.1) is 11.6 Å². The summed E-state index contributed by atoms with van der Waals surface area (Å²) in [5, 5.41) is 3.34. The molecule has 0 radical (unpaired) electrons. The van der Waals surface area contributed by atoms with Gasteiger partial charge in [-0.1, -0.05) is 30.4 Å². The number of hydrogen-bond acceptors (Lipinski definition) is 4. The molecule has 0 aromatic heterocycles. The van der Waals surface area contributed by atoms with Crippen LogP contribution in [0.4, 0.5) is 14.5 Å². The Balaban J connectivity index is 1.67. The first-order valence-electron chi connectivity index (χ1n) is 9.72. The quantitative estimate of drug-likeness (QED) is 0.567. The van der Waals surface area contributed by atoms with Gasteiger partial charge in [-0.05, 0) is 54.1 Å². The summed E-state index contributed by atoms with van der Waals surface area (Å²) >= 11 is 5.66. The van der Waals surface area contributed by atoms with Crippen LogP contribution < -0.4 is 19.7 Å². The first-order chi connectivity index (χ1) is 15.0. The summed E-state index contributed by atoms with van der Waals surface area (Å²) in [4.78, 5) is 2.38. The number of thiocarbonyl (C=S) groups is 1. The van der Waals surface area contributed by atoms with Crippen molar-refractivity contribution >= 4 is 22.9 Å². The highest BCUT2D eigenvalue weighted by Gasteiger charge is 2.38. The molecular weight excluding hydrogens is 418 g/mol. The number of nitrogens with zero attached hydrogens (tertiary/aromatic N) is 1. The minimum absolute atomic E-state index is 0.336. The van der Waals surface area contributed by atoms with Crippen LogP contribution in [0.2, 0.25) is 0 Å². The number of benzene rings is 3. The van der Waals surface area contributed by atoms with Crippen molar-refractivity contribution < 1.29 is 18.3 Å². The minimum atomic E-state index is -0.454. The van der Waals surface area contributed by atoms with E-state index in [0.29, 0.717) is 40.0 Å². The summed E-state index contributed by atoms with van der Waals surface area (Å²) in [6, 6.07) is 18.3. The Kier molecular flexibility index (Phi) is 4.82. The molecule has 2 heterocycles. The number of fused-ring (bicyclic) bond motifs is 1. The number of nitrogens with one attached hydrogen (secondary N) is 1. The van der Waals surface area contributed by atoms with Crippen LogP contribution in [-0.4, -0.2) is 12.1 Å². The molecule has 0 saturated heterocycles. The molecule has 156 valence electrons. The molecule has 1 N–H and O–H groups in total. The van der Waals surface area contributed by atoms with Crippen molar-refractivity contribution in [2.45, 2.75) is 12.6 Å². The van der Waals surface area contributed by atoms with E-state index < -0.39 is 6.17 Å². The Morgan fingerprint density at radius 2 is 1.84 bits per heavy atom. The molecule has 0 amide bonds. The molecule has 1 atom stereocenters. The van der Waals surface area contributed by atoms with E-state index in [1.807, 2.05) is 29.2 Å². The second-order valence-corrected chi connectivity index (χ2v) is 7.73. The predicted molar refractivity (Wildman–Crippen MR) is 118 cm³/mol. The van der Waals surface area contributed by atoms with Gasteiger partial charge in [0.15, 0.2) is 0 Å². The van der Waals surface area contributed by atoms with E-state index in [1.165, 1.54) is 24.3 Å². The monoisotopic (exact) mass is 436 g/mol. The Bertz CT molecular complexity index is 1230. The van der Waals surface area contributed by atoms with Crippen molar-refractivity contribution in [3.05, 3.63) is 101 Å². The van der Waals surface area contributed by atoms with Gasteiger partial charge in [-0.25, -0.2) is 8.78 Å². The fourth-order valence-corrected chi connectivity index (χ4v) is 4.19. The first kappa shape index (κ1) is 19.5. The maximum Gasteiger partial charge on any atom is 0.208 e. The normalized spacial score (nSPS) is 17.5. The van der Waals surface area contributed by atoms with Crippen LogP contribution in [0.5, 0.6) is 11.5 Å². The van der Waals surface area contributed by atoms with Gasteiger partial charge in [-0.15, -0.1) is 0 Å². The van der Waals surface area contributed by atoms with Gasteiger partial charge in [-0.3, -0.25) is 4.90 Å². The van der Waals surface area contributed by atoms with E-state index in [2.05, 4.69) is 5.32 Å². The minimum Gasteiger partial charge on any atom is -0.497 e. The van der Waals surface area contributed by atoms with E-state index in [4.69, 9.17) is 21.7 Å². The topological polar surface area (TPSA) is 33.7 Å². The van der Waals surface area contributed by atoms with Crippen molar-refractivity contribution in [2.75, 3.05) is 12.0 Å². The van der Waals surface area contributed by atoms with Crippen LogP contribution >= 0.6 is 12.2 Å². The second-order valence-electron chi connectivity index (χ2n) is 7.32. The number of methoxy groups -OCH3 is 1. The molecule has 0 unspecified atom stereocenters. The predicted octanol–water partition coefficient (Wildman–Crippen LogP) is 5.26. The Morgan fingerprint density at radius 1 is 1.03 bits per heavy atom. The number of hydrogen-bond donors (Lipinski definition) is 1. The average molecular weight is 436 g/mol. The average Bonchev–Trinajstić information content (AvgIpc) is 2.78. The van der Waals surface area contributed by atoms with E-state index in [-0.39, 0.29) is 11.6 Å². The molecule has 0 aliphatic carbocycles. The number of ether oxygens (including phenoxy) is 2. The molecule has 3 aromatic carbocycles. The lowest BCUT2D eigenvalue weighted by Gasteiger charge is -2.42. The van der Waals surface area contributed by atoms with E-state index >= 15 is 0 Å². The highest BCUT2D eigenvalue weighted by Crippen LogP contribution is 2.41. The lowest BCUT2D eigenvalue weighted by molar-refractivity contribution is 0.358. The van der Waals surface area contributed by atoms with Gasteiger partial charge in [0.25, 0.3) is 0 Å². The molecule has 31 heavy (non-hydrogen) atoms. The molecule has 2 aliphatic heterocycles. The third kappa shape index (κ3) is 3.51. The second kappa shape index (κ2) is 7.67. The smallest absolute Gasteiger partial charge is 0.208 e. The first-order valence-corrected chi connectivity index (χ1v) is 10.1. The van der Waals surface area contributed by atoms with Crippen molar-refractivity contribution in [3.8, 4) is 11.5 Å². The van der Waals surface area contributed by atoms with E-state index in [0.717, 1.165) is 11.1 Å². The molecule has 0 saturated carbocycles. The van der Waals surface area contributed by atoms with Crippen molar-refractivity contribution in [3.63, 3.8) is 0 Å². The fourth-order valence-electron chi connectivity index (χ4n) is 3.92. The van der Waals surface area contributed by atoms with Gasteiger partial charge in [0, 0.05) is 17.7 Å². The van der Waals surface area contributed by atoms with Gasteiger partial charge in [0.05, 0.1) is 12.7 Å². The Morgan fingerprint density at radius 3 is 2.65 bits per heavy atom. The number of anilines is 1. The molecule has 0 spiro atoms. The maximum atomic E-state index is 14.2. The zero-order chi connectivity index (χ0) is 21.5. The SMILES string of the molecule is COc1cccc([C@@H]2NC(=S)C3=C(Oc4ccc(F)cc4C3)N2c2cccc(F)c2)c1. The summed E-state index contributed by atoms with van der Waals surface area (Å²) in [6.45, 7) is 0. The van der Waals surface area contributed by atoms with Crippen molar-refractivity contribution in [1.29, 1.82) is 0 Å². The lowest BCUT2D eigenvalue weighted by atomic mass is 9.98.